The van der Waals surface area contributed by atoms with E-state index in [9.17, 15) is 21.6 Å². The van der Waals surface area contributed by atoms with Crippen molar-refractivity contribution in [3.05, 3.63) is 65.7 Å². The second-order valence-electron chi connectivity index (χ2n) is 8.19. The zero-order valence-electron chi connectivity index (χ0n) is 18.4. The largest absolute Gasteiger partial charge is 0.297 e. The summed E-state index contributed by atoms with van der Waals surface area (Å²) >= 11 is 0. The van der Waals surface area contributed by atoms with Crippen LogP contribution in [0.5, 0.6) is 0 Å². The van der Waals surface area contributed by atoms with Gasteiger partial charge in [-0.15, -0.1) is 0 Å². The van der Waals surface area contributed by atoms with Crippen LogP contribution in [0.1, 0.15) is 17.5 Å². The number of anilines is 1. The third-order valence-electron chi connectivity index (χ3n) is 5.91. The summed E-state index contributed by atoms with van der Waals surface area (Å²) in [6.45, 7) is 4.26. The van der Waals surface area contributed by atoms with Gasteiger partial charge in [0.25, 0.3) is 0 Å². The first kappa shape index (κ1) is 23.6. The molecule has 0 aliphatic carbocycles. The highest BCUT2D eigenvalue weighted by molar-refractivity contribution is 7.94. The first-order valence-corrected chi connectivity index (χ1v) is 13.8. The van der Waals surface area contributed by atoms with Crippen LogP contribution >= 0.6 is 0 Å². The van der Waals surface area contributed by atoms with Crippen LogP contribution in [0, 0.1) is 6.92 Å². The molecule has 176 valence electrons. The molecule has 2 aromatic rings. The third kappa shape index (κ3) is 5.03. The minimum atomic E-state index is -3.83. The molecule has 0 bridgehead atoms. The predicted octanol–water partition coefficient (Wildman–Crippen LogP) is 2.08. The van der Waals surface area contributed by atoms with Crippen molar-refractivity contribution < 1.29 is 21.6 Å². The number of hydrogen-bond donors (Lipinski definition) is 0. The minimum absolute atomic E-state index is 0.0346. The fourth-order valence-corrected chi connectivity index (χ4v) is 7.17. The number of carbonyl (C=O) groups is 1. The fourth-order valence-electron chi connectivity index (χ4n) is 4.06. The van der Waals surface area contributed by atoms with Crippen LogP contribution in [0.2, 0.25) is 0 Å². The Morgan fingerprint density at radius 3 is 2.33 bits per heavy atom. The first-order valence-electron chi connectivity index (χ1n) is 10.8. The Morgan fingerprint density at radius 1 is 1.00 bits per heavy atom. The molecule has 2 saturated heterocycles. The van der Waals surface area contributed by atoms with E-state index < -0.39 is 26.0 Å². The Bertz CT molecular complexity index is 1270. The minimum Gasteiger partial charge on any atom is -0.297 e. The molecule has 0 radical (unpaired) electrons. The summed E-state index contributed by atoms with van der Waals surface area (Å²) in [5.41, 5.74) is 1.70. The maximum absolute atomic E-state index is 13.4. The van der Waals surface area contributed by atoms with Crippen molar-refractivity contribution >= 4 is 37.7 Å². The predicted molar refractivity (Wildman–Crippen MR) is 128 cm³/mol. The van der Waals surface area contributed by atoms with E-state index in [1.807, 2.05) is 36.4 Å². The van der Waals surface area contributed by atoms with Gasteiger partial charge in [-0.05, 0) is 30.2 Å². The molecular formula is C23H27N3O5S2. The topological polar surface area (TPSA) is 95.1 Å². The summed E-state index contributed by atoms with van der Waals surface area (Å²) < 4.78 is 53.4. The Labute approximate surface area is 195 Å². The number of aryl methyl sites for hydroxylation is 1. The van der Waals surface area contributed by atoms with E-state index in [2.05, 4.69) is 11.0 Å². The normalized spacial score (nSPS) is 20.0. The van der Waals surface area contributed by atoms with Crippen LogP contribution in [0.4, 0.5) is 5.69 Å². The van der Waals surface area contributed by atoms with Crippen LogP contribution < -0.4 is 4.31 Å². The number of rotatable bonds is 6. The lowest BCUT2D eigenvalue weighted by molar-refractivity contribution is -0.116. The van der Waals surface area contributed by atoms with Gasteiger partial charge in [-0.2, -0.15) is 4.31 Å². The van der Waals surface area contributed by atoms with Crippen LogP contribution in [-0.4, -0.2) is 70.4 Å². The van der Waals surface area contributed by atoms with Crippen LogP contribution in [-0.2, 0) is 24.8 Å². The molecule has 2 heterocycles. The zero-order chi connectivity index (χ0) is 23.6. The molecule has 0 saturated carbocycles. The number of hydrogen-bond acceptors (Lipinski definition) is 6. The molecule has 10 heteroatoms. The molecule has 2 aliphatic rings. The van der Waals surface area contributed by atoms with E-state index in [4.69, 9.17) is 0 Å². The summed E-state index contributed by atoms with van der Waals surface area (Å²) in [7, 11) is -7.59. The van der Waals surface area contributed by atoms with Crippen molar-refractivity contribution in [3.63, 3.8) is 0 Å². The van der Waals surface area contributed by atoms with E-state index in [1.54, 1.807) is 13.0 Å². The maximum Gasteiger partial charge on any atom is 0.243 e. The molecule has 0 aromatic heterocycles. The summed E-state index contributed by atoms with van der Waals surface area (Å²) in [4.78, 5) is 14.3. The van der Waals surface area contributed by atoms with E-state index >= 15 is 0 Å². The molecule has 0 unspecified atom stereocenters. The SMILES string of the molecule is Cc1ccc(N2C(=O)CCS2(=O)=O)cc1S(=O)(=O)N1CCN(CC=Cc2ccccc2)CC1. The molecule has 4 rings (SSSR count). The molecule has 0 spiro atoms. The number of benzene rings is 2. The monoisotopic (exact) mass is 489 g/mol. The van der Waals surface area contributed by atoms with Crippen LogP contribution in [0.25, 0.3) is 6.08 Å². The number of piperazine rings is 1. The number of amides is 1. The number of carbonyl (C=O) groups excluding carboxylic acids is 1. The average Bonchev–Trinajstić information content (AvgIpc) is 3.07. The Hall–Kier alpha value is -2.53. The van der Waals surface area contributed by atoms with Crippen molar-refractivity contribution in [2.75, 3.05) is 42.8 Å². The smallest absolute Gasteiger partial charge is 0.243 e. The fraction of sp³-hybridized carbons (Fsp3) is 0.348. The van der Waals surface area contributed by atoms with Gasteiger partial charge in [0.15, 0.2) is 0 Å². The average molecular weight is 490 g/mol. The highest BCUT2D eigenvalue weighted by Gasteiger charge is 2.37. The highest BCUT2D eigenvalue weighted by atomic mass is 32.2. The quantitative estimate of drug-likeness (QED) is 0.617. The molecule has 2 aliphatic heterocycles. The summed E-state index contributed by atoms with van der Waals surface area (Å²) in [5.74, 6) is -0.804. The van der Waals surface area contributed by atoms with Gasteiger partial charge in [0.05, 0.1) is 16.3 Å². The van der Waals surface area contributed by atoms with Gasteiger partial charge in [-0.1, -0.05) is 48.6 Å². The van der Waals surface area contributed by atoms with Gasteiger partial charge in [0.1, 0.15) is 0 Å². The van der Waals surface area contributed by atoms with Crippen LogP contribution in [0.15, 0.2) is 59.5 Å². The van der Waals surface area contributed by atoms with Crippen molar-refractivity contribution in [2.45, 2.75) is 18.2 Å². The lowest BCUT2D eigenvalue weighted by Gasteiger charge is -2.33. The molecule has 0 atom stereocenters. The number of nitrogens with zero attached hydrogens (tertiary/aromatic N) is 3. The van der Waals surface area contributed by atoms with E-state index in [1.165, 1.54) is 16.4 Å². The van der Waals surface area contributed by atoms with Crippen molar-refractivity contribution in [3.8, 4) is 0 Å². The van der Waals surface area contributed by atoms with Crippen molar-refractivity contribution in [1.82, 2.24) is 9.21 Å². The van der Waals surface area contributed by atoms with E-state index in [-0.39, 0.29) is 22.8 Å². The Balaban J connectivity index is 1.46. The second kappa shape index (κ2) is 9.38. The molecule has 2 aromatic carbocycles. The van der Waals surface area contributed by atoms with Crippen molar-refractivity contribution in [1.29, 1.82) is 0 Å². The van der Waals surface area contributed by atoms with Gasteiger partial charge in [-0.3, -0.25) is 9.69 Å². The second-order valence-corrected chi connectivity index (χ2v) is 12.0. The summed E-state index contributed by atoms with van der Waals surface area (Å²) in [6, 6.07) is 14.3. The van der Waals surface area contributed by atoms with Gasteiger partial charge >= 0.3 is 0 Å². The Kier molecular flexibility index (Phi) is 6.71. The summed E-state index contributed by atoms with van der Waals surface area (Å²) in [6.07, 6.45) is 4.02. The van der Waals surface area contributed by atoms with Gasteiger partial charge in [0.2, 0.25) is 26.0 Å². The van der Waals surface area contributed by atoms with E-state index in [0.29, 0.717) is 31.7 Å². The molecule has 1 amide bonds. The lowest BCUT2D eigenvalue weighted by atomic mass is 10.2. The van der Waals surface area contributed by atoms with Gasteiger partial charge in [0, 0.05) is 39.1 Å². The van der Waals surface area contributed by atoms with Crippen LogP contribution in [0.3, 0.4) is 0 Å². The molecule has 2 fully saturated rings. The zero-order valence-corrected chi connectivity index (χ0v) is 20.1. The highest BCUT2D eigenvalue weighted by Crippen LogP contribution is 2.30. The standard InChI is InChI=1S/C23H27N3O5S2/c1-19-9-10-21(26-23(27)11-17-32(26,28)29)18-22(19)33(30,31)25-15-13-24(14-16-25)12-5-8-20-6-3-2-4-7-20/h2-10,18H,11-17H2,1H3. The maximum atomic E-state index is 13.4. The molecular weight excluding hydrogens is 462 g/mol. The molecule has 0 N–H and O–H groups in total. The first-order chi connectivity index (χ1) is 15.7. The van der Waals surface area contributed by atoms with Crippen molar-refractivity contribution in [2.24, 2.45) is 0 Å². The molecule has 8 nitrogen and oxygen atoms in total. The van der Waals surface area contributed by atoms with Gasteiger partial charge in [-0.25, -0.2) is 21.1 Å². The summed E-state index contributed by atoms with van der Waals surface area (Å²) in [5, 5.41) is 0. The van der Waals surface area contributed by atoms with Gasteiger partial charge < -0.3 is 0 Å². The molecule has 33 heavy (non-hydrogen) atoms. The lowest BCUT2D eigenvalue weighted by Crippen LogP contribution is -2.48. The Morgan fingerprint density at radius 2 is 1.70 bits per heavy atom. The van der Waals surface area contributed by atoms with E-state index in [0.717, 1.165) is 16.4 Å². The third-order valence-corrected chi connectivity index (χ3v) is 9.64. The number of sulfonamides is 2.